The molecule has 3 N–H and O–H groups in total. The van der Waals surface area contributed by atoms with Crippen LogP contribution in [0.25, 0.3) is 11.3 Å². The van der Waals surface area contributed by atoms with E-state index >= 15 is 0 Å². The maximum absolute atomic E-state index is 14.8. The molecular formula is C21H22F4N4O3S. The van der Waals surface area contributed by atoms with Crippen molar-refractivity contribution in [1.29, 1.82) is 0 Å². The lowest BCUT2D eigenvalue weighted by Gasteiger charge is -2.43. The van der Waals surface area contributed by atoms with Gasteiger partial charge in [-0.05, 0) is 25.0 Å². The van der Waals surface area contributed by atoms with Gasteiger partial charge in [0.2, 0.25) is 16.0 Å². The summed E-state index contributed by atoms with van der Waals surface area (Å²) in [5, 5.41) is 14.9. The highest BCUT2D eigenvalue weighted by atomic mass is 32.2. The summed E-state index contributed by atoms with van der Waals surface area (Å²) in [7, 11) is -3.97. The molecule has 5 rings (SSSR count). The molecule has 3 atom stereocenters. The summed E-state index contributed by atoms with van der Waals surface area (Å²) in [4.78, 5) is 10.1. The largest absolute Gasteiger partial charge is 0.389 e. The van der Waals surface area contributed by atoms with Crippen LogP contribution >= 0.6 is 0 Å². The van der Waals surface area contributed by atoms with Gasteiger partial charge >= 0.3 is 0 Å². The number of aliphatic hydroxyl groups is 1. The van der Waals surface area contributed by atoms with Crippen molar-refractivity contribution < 1.29 is 31.1 Å². The van der Waals surface area contributed by atoms with E-state index in [4.69, 9.17) is 5.14 Å². The number of anilines is 1. The Bertz CT molecular complexity index is 1250. The van der Waals surface area contributed by atoms with Crippen molar-refractivity contribution >= 4 is 16.0 Å². The SMILES string of the molecule is C[C@H]1[C@H](O)CN1c1nc(-c2ccc3c(c2)C(F)(F)C[C@H]3CS(N)(=O)=O)c2c(n1)C(F)(F)CC2. The molecular weight excluding hydrogens is 464 g/mol. The van der Waals surface area contributed by atoms with Gasteiger partial charge in [0.25, 0.3) is 11.8 Å². The van der Waals surface area contributed by atoms with E-state index in [1.807, 2.05) is 0 Å². The summed E-state index contributed by atoms with van der Waals surface area (Å²) in [6.07, 6.45) is -1.79. The standard InChI is InChI=1S/C21H22F4N4O3S/c1-10-16(30)8-29(10)19-27-17(14-4-5-20(22,23)18(14)28-19)11-2-3-13-12(9-33(26,31)32)7-21(24,25)15(13)6-11/h2-3,6,10,12,16,30H,4-5,7-9H2,1H3,(H2,26,31,32)/t10-,12-,16+/m0/s1. The van der Waals surface area contributed by atoms with Gasteiger partial charge in [0.05, 0.1) is 23.6 Å². The molecule has 0 bridgehead atoms. The summed E-state index contributed by atoms with van der Waals surface area (Å²) in [6, 6.07) is 3.73. The highest BCUT2D eigenvalue weighted by Gasteiger charge is 2.47. The van der Waals surface area contributed by atoms with E-state index in [1.165, 1.54) is 18.2 Å². The minimum absolute atomic E-state index is 0.00234. The smallest absolute Gasteiger partial charge is 0.290 e. The van der Waals surface area contributed by atoms with Gasteiger partial charge in [-0.2, -0.15) is 8.78 Å². The molecule has 0 saturated carbocycles. The molecule has 1 saturated heterocycles. The number of primary sulfonamides is 1. The van der Waals surface area contributed by atoms with E-state index < -0.39 is 58.2 Å². The number of rotatable bonds is 4. The summed E-state index contributed by atoms with van der Waals surface area (Å²) in [5.41, 5.74) is -0.00545. The predicted molar refractivity (Wildman–Crippen MR) is 112 cm³/mol. The zero-order valence-electron chi connectivity index (χ0n) is 17.6. The molecule has 0 spiro atoms. The molecule has 33 heavy (non-hydrogen) atoms. The lowest BCUT2D eigenvalue weighted by molar-refractivity contribution is -0.00648. The summed E-state index contributed by atoms with van der Waals surface area (Å²) < 4.78 is 81.7. The Kier molecular flexibility index (Phi) is 4.83. The average Bonchev–Trinajstić information content (AvgIpc) is 3.16. The minimum Gasteiger partial charge on any atom is -0.389 e. The number of sulfonamides is 1. The third-order valence-electron chi connectivity index (χ3n) is 6.82. The first kappa shape index (κ1) is 22.5. The lowest BCUT2D eigenvalue weighted by Crippen LogP contribution is -2.59. The molecule has 12 heteroatoms. The van der Waals surface area contributed by atoms with Crippen LogP contribution in [0, 0.1) is 0 Å². The van der Waals surface area contributed by atoms with Crippen LogP contribution in [0.5, 0.6) is 0 Å². The molecule has 178 valence electrons. The van der Waals surface area contributed by atoms with Crippen LogP contribution in [0.2, 0.25) is 0 Å². The van der Waals surface area contributed by atoms with Gasteiger partial charge in [-0.3, -0.25) is 0 Å². The Labute approximate surface area is 187 Å². The second kappa shape index (κ2) is 7.09. The molecule has 2 aromatic rings. The number of nitrogens with two attached hydrogens (primary N) is 1. The van der Waals surface area contributed by atoms with Crippen LogP contribution in [-0.2, 0) is 28.3 Å². The second-order valence-corrected chi connectivity index (χ2v) is 10.8. The number of nitrogens with zero attached hydrogens (tertiary/aromatic N) is 3. The van der Waals surface area contributed by atoms with Crippen molar-refractivity contribution in [3.63, 3.8) is 0 Å². The first-order valence-corrected chi connectivity index (χ1v) is 12.3. The molecule has 1 aromatic heterocycles. The van der Waals surface area contributed by atoms with Crippen molar-refractivity contribution in [1.82, 2.24) is 9.97 Å². The topological polar surface area (TPSA) is 109 Å². The normalized spacial score (nSPS) is 27.2. The second-order valence-electron chi connectivity index (χ2n) is 9.10. The van der Waals surface area contributed by atoms with Crippen molar-refractivity contribution in [2.24, 2.45) is 5.14 Å². The molecule has 0 amide bonds. The number of hydrogen-bond acceptors (Lipinski definition) is 6. The van der Waals surface area contributed by atoms with Crippen LogP contribution in [0.4, 0.5) is 23.5 Å². The van der Waals surface area contributed by atoms with Crippen LogP contribution < -0.4 is 10.0 Å². The third-order valence-corrected chi connectivity index (χ3v) is 7.68. The first-order valence-electron chi connectivity index (χ1n) is 10.5. The predicted octanol–water partition coefficient (Wildman–Crippen LogP) is 2.62. The lowest BCUT2D eigenvalue weighted by atomic mass is 9.97. The first-order chi connectivity index (χ1) is 15.3. The molecule has 0 radical (unpaired) electrons. The third kappa shape index (κ3) is 3.68. The Balaban J connectivity index is 1.63. The maximum atomic E-state index is 14.8. The van der Waals surface area contributed by atoms with Gasteiger partial charge in [0.15, 0.2) is 0 Å². The van der Waals surface area contributed by atoms with E-state index in [1.54, 1.807) is 11.8 Å². The van der Waals surface area contributed by atoms with E-state index in [9.17, 15) is 31.1 Å². The fourth-order valence-corrected chi connectivity index (χ4v) is 5.83. The zero-order chi connectivity index (χ0) is 23.9. The highest BCUT2D eigenvalue weighted by Crippen LogP contribution is 2.51. The maximum Gasteiger partial charge on any atom is 0.290 e. The van der Waals surface area contributed by atoms with E-state index in [-0.39, 0.29) is 52.9 Å². The van der Waals surface area contributed by atoms with E-state index in [2.05, 4.69) is 9.97 Å². The van der Waals surface area contributed by atoms with Gasteiger partial charge in [0.1, 0.15) is 5.69 Å². The number of β-amino-alcohol motifs (C(OH)–C–C–N with tert-alkyl or cyclic N) is 1. The van der Waals surface area contributed by atoms with Crippen LogP contribution in [0.15, 0.2) is 18.2 Å². The monoisotopic (exact) mass is 486 g/mol. The Morgan fingerprint density at radius 1 is 1.21 bits per heavy atom. The van der Waals surface area contributed by atoms with Crippen molar-refractivity contribution in [2.45, 2.75) is 56.1 Å². The van der Waals surface area contributed by atoms with E-state index in [0.717, 1.165) is 0 Å². The number of halogens is 4. The van der Waals surface area contributed by atoms with Crippen LogP contribution in [0.3, 0.4) is 0 Å². The quantitative estimate of drug-likeness (QED) is 0.643. The Morgan fingerprint density at radius 2 is 1.94 bits per heavy atom. The van der Waals surface area contributed by atoms with Crippen LogP contribution in [0.1, 0.15) is 48.1 Å². The summed E-state index contributed by atoms with van der Waals surface area (Å²) in [5.74, 6) is -8.01. The number of alkyl halides is 4. The summed E-state index contributed by atoms with van der Waals surface area (Å²) >= 11 is 0. The number of hydrogen-bond donors (Lipinski definition) is 2. The van der Waals surface area contributed by atoms with Crippen molar-refractivity contribution in [2.75, 3.05) is 17.2 Å². The van der Waals surface area contributed by atoms with Gasteiger partial charge in [-0.15, -0.1) is 0 Å². The number of aliphatic hydroxyl groups excluding tert-OH is 1. The molecule has 7 nitrogen and oxygen atoms in total. The molecule has 1 fully saturated rings. The van der Waals surface area contributed by atoms with Gasteiger partial charge in [0, 0.05) is 42.0 Å². The molecule has 3 aliphatic rings. The van der Waals surface area contributed by atoms with E-state index in [0.29, 0.717) is 0 Å². The molecule has 2 heterocycles. The van der Waals surface area contributed by atoms with Crippen molar-refractivity contribution in [3.8, 4) is 11.3 Å². The summed E-state index contributed by atoms with van der Waals surface area (Å²) in [6.45, 7) is 1.90. The highest BCUT2D eigenvalue weighted by molar-refractivity contribution is 7.89. The number of aromatic nitrogens is 2. The van der Waals surface area contributed by atoms with Gasteiger partial charge in [-0.25, -0.2) is 32.3 Å². The Hall–Kier alpha value is -2.31. The van der Waals surface area contributed by atoms with Crippen molar-refractivity contribution in [3.05, 3.63) is 40.6 Å². The zero-order valence-corrected chi connectivity index (χ0v) is 18.4. The fourth-order valence-electron chi connectivity index (χ4n) is 4.97. The molecule has 1 aromatic carbocycles. The molecule has 0 unspecified atom stereocenters. The van der Waals surface area contributed by atoms with Crippen LogP contribution in [-0.4, -0.2) is 47.9 Å². The van der Waals surface area contributed by atoms with Gasteiger partial charge in [-0.1, -0.05) is 12.1 Å². The molecule has 1 aliphatic heterocycles. The molecule has 2 aliphatic carbocycles. The minimum atomic E-state index is -3.97. The number of fused-ring (bicyclic) bond motifs is 2. The average molecular weight is 486 g/mol. The Morgan fingerprint density at radius 3 is 2.58 bits per heavy atom. The van der Waals surface area contributed by atoms with Gasteiger partial charge < -0.3 is 10.0 Å². The fraction of sp³-hybridized carbons (Fsp3) is 0.524. The number of benzene rings is 1.